The van der Waals surface area contributed by atoms with Crippen LogP contribution in [0.25, 0.3) is 0 Å². The van der Waals surface area contributed by atoms with E-state index in [1.165, 1.54) is 18.3 Å². The van der Waals surface area contributed by atoms with Crippen LogP contribution in [0.5, 0.6) is 0 Å². The zero-order chi connectivity index (χ0) is 10.6. The molecule has 0 spiro atoms. The molecule has 1 heterocycles. The zero-order valence-corrected chi connectivity index (χ0v) is 8.60. The highest BCUT2D eigenvalue weighted by atomic mass is 32.2. The number of nitrogens with one attached hydrogen (secondary N) is 2. The third kappa shape index (κ3) is 2.43. The average molecular weight is 216 g/mol. The minimum atomic E-state index is -3.65. The van der Waals surface area contributed by atoms with Crippen LogP contribution in [-0.4, -0.2) is 19.9 Å². The Morgan fingerprint density at radius 1 is 1.50 bits per heavy atom. The Hall–Kier alpha value is -1.14. The van der Waals surface area contributed by atoms with E-state index < -0.39 is 15.6 Å². The molecule has 14 heavy (non-hydrogen) atoms. The molecule has 0 atom stereocenters. The van der Waals surface area contributed by atoms with Crippen LogP contribution in [-0.2, 0) is 10.0 Å². The molecule has 0 radical (unpaired) electrons. The summed E-state index contributed by atoms with van der Waals surface area (Å²) in [5, 5.41) is 0. The highest BCUT2D eigenvalue weighted by Gasteiger charge is 2.15. The minimum Gasteiger partial charge on any atom is -0.328 e. The summed E-state index contributed by atoms with van der Waals surface area (Å²) in [5.41, 5.74) is -0.601. The highest BCUT2D eigenvalue weighted by molar-refractivity contribution is 7.89. The van der Waals surface area contributed by atoms with E-state index in [0.29, 0.717) is 13.0 Å². The molecule has 0 aliphatic carbocycles. The standard InChI is InChI=1S/C8H12N2O3S/c1-2-5-10-14(12,13)7-4-3-6-9-8(7)11/h3-4,6,10H,2,5H2,1H3,(H,9,11). The van der Waals surface area contributed by atoms with Crippen LogP contribution in [0.1, 0.15) is 13.3 Å². The molecule has 0 aromatic carbocycles. The lowest BCUT2D eigenvalue weighted by atomic mass is 10.5. The van der Waals surface area contributed by atoms with Crippen molar-refractivity contribution in [1.82, 2.24) is 9.71 Å². The second kappa shape index (κ2) is 4.39. The van der Waals surface area contributed by atoms with Crippen LogP contribution in [0.3, 0.4) is 0 Å². The van der Waals surface area contributed by atoms with Gasteiger partial charge in [-0.2, -0.15) is 0 Å². The highest BCUT2D eigenvalue weighted by Crippen LogP contribution is 1.99. The van der Waals surface area contributed by atoms with E-state index in [1.807, 2.05) is 6.92 Å². The SMILES string of the molecule is CCCNS(=O)(=O)c1ccc[nH]c1=O. The number of pyridine rings is 1. The summed E-state index contributed by atoms with van der Waals surface area (Å²) in [6.07, 6.45) is 2.07. The molecule has 0 saturated heterocycles. The Morgan fingerprint density at radius 3 is 2.79 bits per heavy atom. The van der Waals surface area contributed by atoms with Crippen LogP contribution in [0.15, 0.2) is 28.0 Å². The summed E-state index contributed by atoms with van der Waals surface area (Å²) in [6, 6.07) is 2.75. The average Bonchev–Trinajstić information content (AvgIpc) is 2.15. The summed E-state index contributed by atoms with van der Waals surface area (Å²) in [4.78, 5) is 13.2. The van der Waals surface area contributed by atoms with Gasteiger partial charge in [-0.3, -0.25) is 4.79 Å². The van der Waals surface area contributed by atoms with Crippen molar-refractivity contribution in [2.75, 3.05) is 6.54 Å². The van der Waals surface area contributed by atoms with E-state index in [1.54, 1.807) is 0 Å². The molecule has 0 saturated carbocycles. The quantitative estimate of drug-likeness (QED) is 0.747. The Kier molecular flexibility index (Phi) is 3.43. The molecule has 0 aliphatic heterocycles. The zero-order valence-electron chi connectivity index (χ0n) is 7.78. The lowest BCUT2D eigenvalue weighted by Gasteiger charge is -2.03. The first-order valence-electron chi connectivity index (χ1n) is 4.25. The summed E-state index contributed by atoms with van der Waals surface area (Å²) >= 11 is 0. The Balaban J connectivity index is 3.05. The first-order chi connectivity index (χ1) is 6.58. The van der Waals surface area contributed by atoms with Crippen molar-refractivity contribution in [3.8, 4) is 0 Å². The molecular formula is C8H12N2O3S. The molecule has 1 rings (SSSR count). The van der Waals surface area contributed by atoms with Crippen molar-refractivity contribution in [3.63, 3.8) is 0 Å². The fourth-order valence-electron chi connectivity index (χ4n) is 0.932. The largest absolute Gasteiger partial charge is 0.328 e. The maximum absolute atomic E-state index is 11.5. The molecule has 0 bridgehead atoms. The predicted molar refractivity (Wildman–Crippen MR) is 52.5 cm³/mol. The second-order valence-electron chi connectivity index (χ2n) is 2.76. The molecule has 5 nitrogen and oxygen atoms in total. The van der Waals surface area contributed by atoms with Crippen molar-refractivity contribution < 1.29 is 8.42 Å². The summed E-state index contributed by atoms with van der Waals surface area (Å²) < 4.78 is 25.3. The van der Waals surface area contributed by atoms with Crippen LogP contribution >= 0.6 is 0 Å². The number of H-pyrrole nitrogens is 1. The van der Waals surface area contributed by atoms with Gasteiger partial charge in [0.1, 0.15) is 4.90 Å². The van der Waals surface area contributed by atoms with Crippen molar-refractivity contribution in [2.24, 2.45) is 0 Å². The maximum atomic E-state index is 11.5. The summed E-state index contributed by atoms with van der Waals surface area (Å²) in [6.45, 7) is 2.18. The van der Waals surface area contributed by atoms with E-state index >= 15 is 0 Å². The smallest absolute Gasteiger partial charge is 0.268 e. The number of hydrogen-bond acceptors (Lipinski definition) is 3. The molecule has 78 valence electrons. The maximum Gasteiger partial charge on any atom is 0.268 e. The van der Waals surface area contributed by atoms with Gasteiger partial charge in [0.15, 0.2) is 0 Å². The lowest BCUT2D eigenvalue weighted by Crippen LogP contribution is -2.29. The van der Waals surface area contributed by atoms with E-state index in [9.17, 15) is 13.2 Å². The van der Waals surface area contributed by atoms with Crippen LogP contribution in [0.4, 0.5) is 0 Å². The van der Waals surface area contributed by atoms with Gasteiger partial charge in [0.05, 0.1) is 0 Å². The van der Waals surface area contributed by atoms with Crippen molar-refractivity contribution in [1.29, 1.82) is 0 Å². The van der Waals surface area contributed by atoms with E-state index in [2.05, 4.69) is 9.71 Å². The minimum absolute atomic E-state index is 0.242. The number of aromatic amines is 1. The summed E-state index contributed by atoms with van der Waals surface area (Å²) in [5.74, 6) is 0. The van der Waals surface area contributed by atoms with Gasteiger partial charge in [-0.25, -0.2) is 13.1 Å². The third-order valence-electron chi connectivity index (χ3n) is 1.61. The second-order valence-corrected chi connectivity index (χ2v) is 4.50. The number of rotatable bonds is 4. The van der Waals surface area contributed by atoms with E-state index in [4.69, 9.17) is 0 Å². The fourth-order valence-corrected chi connectivity index (χ4v) is 2.12. The molecular weight excluding hydrogens is 204 g/mol. The fraction of sp³-hybridized carbons (Fsp3) is 0.375. The normalized spacial score (nSPS) is 11.5. The van der Waals surface area contributed by atoms with Gasteiger partial charge in [-0.15, -0.1) is 0 Å². The van der Waals surface area contributed by atoms with Gasteiger partial charge in [-0.1, -0.05) is 6.92 Å². The van der Waals surface area contributed by atoms with Crippen LogP contribution in [0.2, 0.25) is 0 Å². The number of sulfonamides is 1. The molecule has 1 aromatic rings. The van der Waals surface area contributed by atoms with E-state index in [0.717, 1.165) is 0 Å². The molecule has 0 unspecified atom stereocenters. The van der Waals surface area contributed by atoms with Crippen molar-refractivity contribution >= 4 is 10.0 Å². The van der Waals surface area contributed by atoms with Gasteiger partial charge in [0.2, 0.25) is 10.0 Å². The van der Waals surface area contributed by atoms with Gasteiger partial charge < -0.3 is 4.98 Å². The Bertz CT molecular complexity index is 450. The molecule has 0 amide bonds. The van der Waals surface area contributed by atoms with Crippen molar-refractivity contribution in [3.05, 3.63) is 28.7 Å². The monoisotopic (exact) mass is 216 g/mol. The topological polar surface area (TPSA) is 79.0 Å². The first kappa shape index (κ1) is 10.9. The molecule has 0 aliphatic rings. The first-order valence-corrected chi connectivity index (χ1v) is 5.73. The third-order valence-corrected chi connectivity index (χ3v) is 3.10. The van der Waals surface area contributed by atoms with Gasteiger partial charge >= 0.3 is 0 Å². The van der Waals surface area contributed by atoms with E-state index in [-0.39, 0.29) is 4.90 Å². The molecule has 2 N–H and O–H groups in total. The molecule has 0 fully saturated rings. The Morgan fingerprint density at radius 2 is 2.21 bits per heavy atom. The van der Waals surface area contributed by atoms with Crippen molar-refractivity contribution in [2.45, 2.75) is 18.2 Å². The van der Waals surface area contributed by atoms with Crippen LogP contribution in [0, 0.1) is 0 Å². The molecule has 6 heteroatoms. The predicted octanol–water partition coefficient (Wildman–Crippen LogP) is 0.0632. The molecule has 1 aromatic heterocycles. The van der Waals surface area contributed by atoms with Gasteiger partial charge in [0, 0.05) is 12.7 Å². The number of hydrogen-bond donors (Lipinski definition) is 2. The number of aromatic nitrogens is 1. The lowest BCUT2D eigenvalue weighted by molar-refractivity contribution is 0.579. The van der Waals surface area contributed by atoms with Crippen LogP contribution < -0.4 is 10.3 Å². The Labute approximate surface area is 82.2 Å². The van der Waals surface area contributed by atoms with Gasteiger partial charge in [0.25, 0.3) is 5.56 Å². The summed E-state index contributed by atoms with van der Waals surface area (Å²) in [7, 11) is -3.65. The van der Waals surface area contributed by atoms with Gasteiger partial charge in [-0.05, 0) is 18.6 Å².